The molecule has 0 aliphatic rings. The van der Waals surface area contributed by atoms with Crippen LogP contribution in [-0.4, -0.2) is 38.8 Å². The fourth-order valence-electron chi connectivity index (χ4n) is 3.32. The molecule has 1 aromatic carbocycles. The third-order valence-electron chi connectivity index (χ3n) is 5.04. The van der Waals surface area contributed by atoms with Crippen LogP contribution in [0, 0.1) is 12.3 Å². The first kappa shape index (κ1) is 25.8. The largest absolute Gasteiger partial charge is 0.505 e. The van der Waals surface area contributed by atoms with Crippen molar-refractivity contribution in [3.05, 3.63) is 45.1 Å². The average molecular weight is 514 g/mol. The molecule has 0 saturated carbocycles. The van der Waals surface area contributed by atoms with Gasteiger partial charge in [-0.25, -0.2) is 0 Å². The number of carbonyl (C=O) groups is 1. The maximum absolute atomic E-state index is 13.5. The zero-order valence-corrected chi connectivity index (χ0v) is 21.2. The number of amides is 1. The molecule has 1 atom stereocenters. The molecule has 1 amide bonds. The van der Waals surface area contributed by atoms with E-state index in [9.17, 15) is 23.1 Å². The van der Waals surface area contributed by atoms with Crippen LogP contribution in [0.25, 0.3) is 0 Å². The zero-order chi connectivity index (χ0) is 25.4. The molecule has 0 aliphatic heterocycles. The smallest absolute Gasteiger partial charge is 0.417 e. The van der Waals surface area contributed by atoms with Crippen molar-refractivity contribution in [1.29, 1.82) is 0 Å². The lowest BCUT2D eigenvalue weighted by atomic mass is 9.86. The van der Waals surface area contributed by atoms with Crippen LogP contribution in [0.15, 0.2) is 24.3 Å². The van der Waals surface area contributed by atoms with E-state index in [1.807, 2.05) is 19.1 Å². The number of nitrogens with zero attached hydrogens (tertiary/aromatic N) is 3. The highest BCUT2D eigenvalue weighted by Crippen LogP contribution is 2.43. The molecule has 2 aromatic heterocycles. The van der Waals surface area contributed by atoms with Crippen LogP contribution in [0.2, 0.25) is 0 Å². The first-order valence-electron chi connectivity index (χ1n) is 10.3. The van der Waals surface area contributed by atoms with Gasteiger partial charge in [-0.05, 0) is 36.6 Å². The van der Waals surface area contributed by atoms with Gasteiger partial charge in [-0.15, -0.1) is 11.3 Å². The first-order valence-corrected chi connectivity index (χ1v) is 11.8. The van der Waals surface area contributed by atoms with E-state index in [1.54, 1.807) is 11.3 Å². The Bertz CT molecular complexity index is 1180. The fraction of sp³-hybridized carbons (Fsp3) is 0.409. The molecule has 0 radical (unpaired) electrons. The third kappa shape index (κ3) is 5.44. The summed E-state index contributed by atoms with van der Waals surface area (Å²) in [4.78, 5) is 15.7. The number of aryl methyl sites for hydroxylation is 1. The molecule has 0 bridgehead atoms. The van der Waals surface area contributed by atoms with Gasteiger partial charge in [0.15, 0.2) is 17.4 Å². The van der Waals surface area contributed by atoms with E-state index in [2.05, 4.69) is 40.2 Å². The lowest BCUT2D eigenvalue weighted by Gasteiger charge is -2.31. The second kappa shape index (κ2) is 9.41. The molecular formula is C22H26F3N5O2S2. The number of rotatable bonds is 6. The maximum atomic E-state index is 13.5. The molecule has 3 rings (SSSR count). The summed E-state index contributed by atoms with van der Waals surface area (Å²) >= 11 is 2.56. The summed E-state index contributed by atoms with van der Waals surface area (Å²) in [5.41, 5.74) is -2.33. The molecule has 3 aromatic rings. The number of anilines is 3. The van der Waals surface area contributed by atoms with Gasteiger partial charge in [-0.1, -0.05) is 20.8 Å². The average Bonchev–Trinajstić information content (AvgIpc) is 3.33. The number of carbonyl (C=O) groups excluding carboxylic acids is 1. The van der Waals surface area contributed by atoms with Crippen LogP contribution in [-0.2, 0) is 6.18 Å². The van der Waals surface area contributed by atoms with E-state index < -0.39 is 29.0 Å². The Morgan fingerprint density at radius 3 is 2.26 bits per heavy atom. The third-order valence-corrected chi connectivity index (χ3v) is 6.63. The van der Waals surface area contributed by atoms with Crippen LogP contribution >= 0.6 is 23.1 Å². The molecule has 0 saturated heterocycles. The molecule has 184 valence electrons. The number of aromatic nitrogens is 2. The van der Waals surface area contributed by atoms with Gasteiger partial charge < -0.3 is 20.6 Å². The number of alkyl halides is 3. The molecular weight excluding hydrogens is 487 g/mol. The first-order chi connectivity index (χ1) is 15.7. The van der Waals surface area contributed by atoms with E-state index in [1.165, 1.54) is 14.1 Å². The number of halogens is 3. The standard InChI is InChI=1S/C22H26F3N5O2S2/c1-11-7-10-14(33-11)17(21(2,3)4)27-19-18(28-34-29-19)26-13-9-8-12(22(23,24)25)15(16(13)31)20(32)30(5)6/h7-10,17,31H,1-6H3,(H,26,28)(H,27,29)/t17-/m0/s1. The predicted octanol–water partition coefficient (Wildman–Crippen LogP) is 6.28. The van der Waals surface area contributed by atoms with Crippen LogP contribution < -0.4 is 10.6 Å². The minimum Gasteiger partial charge on any atom is -0.505 e. The quantitative estimate of drug-likeness (QED) is 0.336. The maximum Gasteiger partial charge on any atom is 0.417 e. The Morgan fingerprint density at radius 2 is 1.74 bits per heavy atom. The van der Waals surface area contributed by atoms with Gasteiger partial charge in [0.05, 0.1) is 34.6 Å². The van der Waals surface area contributed by atoms with Crippen molar-refractivity contribution in [2.45, 2.75) is 39.9 Å². The second-order valence-electron chi connectivity index (χ2n) is 9.06. The predicted molar refractivity (Wildman–Crippen MR) is 129 cm³/mol. The fourth-order valence-corrected chi connectivity index (χ4v) is 4.97. The molecule has 0 fully saturated rings. The summed E-state index contributed by atoms with van der Waals surface area (Å²) in [7, 11) is 2.63. The highest BCUT2D eigenvalue weighted by molar-refractivity contribution is 7.12. The van der Waals surface area contributed by atoms with Crippen LogP contribution in [0.4, 0.5) is 30.5 Å². The van der Waals surface area contributed by atoms with Gasteiger partial charge in [0.2, 0.25) is 0 Å². The van der Waals surface area contributed by atoms with Crippen molar-refractivity contribution in [2.75, 3.05) is 24.7 Å². The zero-order valence-electron chi connectivity index (χ0n) is 19.5. The Hall–Kier alpha value is -2.86. The van der Waals surface area contributed by atoms with Crippen LogP contribution in [0.3, 0.4) is 0 Å². The Morgan fingerprint density at radius 1 is 1.09 bits per heavy atom. The van der Waals surface area contributed by atoms with Gasteiger partial charge >= 0.3 is 6.18 Å². The molecule has 12 heteroatoms. The van der Waals surface area contributed by atoms with Gasteiger partial charge in [-0.3, -0.25) is 4.79 Å². The number of nitrogens with one attached hydrogen (secondary N) is 2. The number of phenolic OH excluding ortho intramolecular Hbond substituents is 1. The number of benzene rings is 1. The Balaban J connectivity index is 1.99. The van der Waals surface area contributed by atoms with E-state index in [0.717, 1.165) is 38.5 Å². The lowest BCUT2D eigenvalue weighted by molar-refractivity contribution is -0.138. The van der Waals surface area contributed by atoms with Crippen molar-refractivity contribution < 1.29 is 23.1 Å². The highest BCUT2D eigenvalue weighted by Gasteiger charge is 2.38. The van der Waals surface area contributed by atoms with Crippen molar-refractivity contribution in [3.8, 4) is 5.75 Å². The number of hydrogen-bond acceptors (Lipinski definition) is 8. The summed E-state index contributed by atoms with van der Waals surface area (Å²) in [5, 5.41) is 16.9. The number of thiophene rings is 1. The number of phenols is 1. The second-order valence-corrected chi connectivity index (χ2v) is 10.9. The molecule has 0 unspecified atom stereocenters. The summed E-state index contributed by atoms with van der Waals surface area (Å²) in [5.74, 6) is -1.17. The normalized spacial score (nSPS) is 13.0. The lowest BCUT2D eigenvalue weighted by Crippen LogP contribution is -2.26. The monoisotopic (exact) mass is 513 g/mol. The van der Waals surface area contributed by atoms with Crippen molar-refractivity contribution in [1.82, 2.24) is 13.6 Å². The van der Waals surface area contributed by atoms with E-state index in [4.69, 9.17) is 0 Å². The molecule has 3 N–H and O–H groups in total. The summed E-state index contributed by atoms with van der Waals surface area (Å²) < 4.78 is 49.0. The molecule has 7 nitrogen and oxygen atoms in total. The van der Waals surface area contributed by atoms with E-state index in [0.29, 0.717) is 5.82 Å². The van der Waals surface area contributed by atoms with Gasteiger partial charge in [0.1, 0.15) is 0 Å². The Kier molecular flexibility index (Phi) is 7.13. The van der Waals surface area contributed by atoms with Crippen molar-refractivity contribution >= 4 is 46.3 Å². The van der Waals surface area contributed by atoms with Gasteiger partial charge in [-0.2, -0.15) is 21.9 Å². The molecule has 2 heterocycles. The summed E-state index contributed by atoms with van der Waals surface area (Å²) in [6.07, 6.45) is -4.81. The van der Waals surface area contributed by atoms with E-state index in [-0.39, 0.29) is 23.0 Å². The van der Waals surface area contributed by atoms with Gasteiger partial charge in [0, 0.05) is 23.8 Å². The van der Waals surface area contributed by atoms with Gasteiger partial charge in [0.25, 0.3) is 5.91 Å². The van der Waals surface area contributed by atoms with Crippen molar-refractivity contribution in [3.63, 3.8) is 0 Å². The van der Waals surface area contributed by atoms with E-state index >= 15 is 0 Å². The topological polar surface area (TPSA) is 90.4 Å². The SMILES string of the molecule is Cc1ccc([C@H](Nc2nsnc2Nc2ccc(C(F)(F)F)c(C(=O)N(C)C)c2O)C(C)(C)C)s1. The number of aromatic hydroxyl groups is 1. The minimum atomic E-state index is -4.81. The molecule has 0 spiro atoms. The molecule has 34 heavy (non-hydrogen) atoms. The highest BCUT2D eigenvalue weighted by atomic mass is 32.1. The molecule has 0 aliphatic carbocycles. The minimum absolute atomic E-state index is 0.0896. The van der Waals surface area contributed by atoms with Crippen molar-refractivity contribution in [2.24, 2.45) is 5.41 Å². The number of hydrogen-bond donors (Lipinski definition) is 3. The Labute approximate surface area is 204 Å². The summed E-state index contributed by atoms with van der Waals surface area (Å²) in [6, 6.07) is 5.78. The summed E-state index contributed by atoms with van der Waals surface area (Å²) in [6.45, 7) is 8.25. The van der Waals surface area contributed by atoms with Crippen LogP contribution in [0.5, 0.6) is 5.75 Å². The van der Waals surface area contributed by atoms with Crippen LogP contribution in [0.1, 0.15) is 52.5 Å².